The van der Waals surface area contributed by atoms with Gasteiger partial charge in [0.05, 0.1) is 16.9 Å². The fourth-order valence-electron chi connectivity index (χ4n) is 1.89. The Morgan fingerprint density at radius 1 is 1.00 bits per heavy atom. The van der Waals surface area contributed by atoms with Crippen molar-refractivity contribution in [3.63, 3.8) is 0 Å². The van der Waals surface area contributed by atoms with Gasteiger partial charge < -0.3 is 4.74 Å². The van der Waals surface area contributed by atoms with Crippen LogP contribution in [0.5, 0.6) is 11.6 Å². The molecular formula is C15H12ClN3O. The van der Waals surface area contributed by atoms with Gasteiger partial charge in [-0.3, -0.25) is 4.98 Å². The van der Waals surface area contributed by atoms with Gasteiger partial charge in [0.1, 0.15) is 5.75 Å². The van der Waals surface area contributed by atoms with Gasteiger partial charge in [-0.1, -0.05) is 17.7 Å². The van der Waals surface area contributed by atoms with E-state index in [-0.39, 0.29) is 5.15 Å². The van der Waals surface area contributed by atoms with Crippen molar-refractivity contribution in [2.45, 2.75) is 13.8 Å². The molecule has 0 N–H and O–H groups in total. The lowest BCUT2D eigenvalue weighted by atomic mass is 10.2. The first-order valence-electron chi connectivity index (χ1n) is 6.17. The highest BCUT2D eigenvalue weighted by atomic mass is 35.5. The molecule has 0 amide bonds. The molecule has 100 valence electrons. The summed E-state index contributed by atoms with van der Waals surface area (Å²) in [7, 11) is 0. The minimum atomic E-state index is 0.258. The largest absolute Gasteiger partial charge is 0.436 e. The molecule has 0 aliphatic rings. The predicted molar refractivity (Wildman–Crippen MR) is 78.3 cm³/mol. The number of fused-ring (bicyclic) bond motifs is 1. The second-order valence-corrected chi connectivity index (χ2v) is 4.78. The van der Waals surface area contributed by atoms with E-state index in [1.807, 2.05) is 44.2 Å². The summed E-state index contributed by atoms with van der Waals surface area (Å²) >= 11 is 6.09. The van der Waals surface area contributed by atoms with E-state index >= 15 is 0 Å². The van der Waals surface area contributed by atoms with Gasteiger partial charge in [0.15, 0.2) is 5.15 Å². The summed E-state index contributed by atoms with van der Waals surface area (Å²) in [5, 5.41) is 1.17. The van der Waals surface area contributed by atoms with Crippen LogP contribution in [-0.4, -0.2) is 15.0 Å². The Kier molecular flexibility index (Phi) is 3.24. The number of ether oxygens (including phenoxy) is 1. The smallest absolute Gasteiger partial charge is 0.257 e. The van der Waals surface area contributed by atoms with Crippen molar-refractivity contribution in [3.05, 3.63) is 53.1 Å². The standard InChI is InChI=1S/C15H12ClN3O/c1-9-10(2)19-15(14(16)18-9)20-13-7-3-6-12-11(13)5-4-8-17-12/h3-8H,1-2H3. The van der Waals surface area contributed by atoms with Crippen LogP contribution in [0.15, 0.2) is 36.5 Å². The number of pyridine rings is 1. The van der Waals surface area contributed by atoms with Gasteiger partial charge in [0, 0.05) is 11.6 Å². The molecule has 2 aromatic heterocycles. The van der Waals surface area contributed by atoms with Crippen molar-refractivity contribution >= 4 is 22.5 Å². The van der Waals surface area contributed by atoms with Gasteiger partial charge in [-0.15, -0.1) is 0 Å². The van der Waals surface area contributed by atoms with Gasteiger partial charge in [0.2, 0.25) is 0 Å². The predicted octanol–water partition coefficient (Wildman–Crippen LogP) is 4.09. The Morgan fingerprint density at radius 3 is 2.65 bits per heavy atom. The third-order valence-corrected chi connectivity index (χ3v) is 3.29. The summed E-state index contributed by atoms with van der Waals surface area (Å²) in [5.41, 5.74) is 2.45. The minimum Gasteiger partial charge on any atom is -0.436 e. The molecule has 0 bridgehead atoms. The van der Waals surface area contributed by atoms with Crippen molar-refractivity contribution in [2.75, 3.05) is 0 Å². The molecule has 4 nitrogen and oxygen atoms in total. The topological polar surface area (TPSA) is 47.9 Å². The van der Waals surface area contributed by atoms with Crippen molar-refractivity contribution in [2.24, 2.45) is 0 Å². The molecule has 0 atom stereocenters. The Bertz CT molecular complexity index is 784. The third kappa shape index (κ3) is 2.30. The lowest BCUT2D eigenvalue weighted by Gasteiger charge is -2.10. The van der Waals surface area contributed by atoms with Crippen LogP contribution in [-0.2, 0) is 0 Å². The number of nitrogens with zero attached hydrogens (tertiary/aromatic N) is 3. The van der Waals surface area contributed by atoms with Crippen LogP contribution >= 0.6 is 11.6 Å². The van der Waals surface area contributed by atoms with E-state index < -0.39 is 0 Å². The number of rotatable bonds is 2. The van der Waals surface area contributed by atoms with Crippen LogP contribution in [0.3, 0.4) is 0 Å². The summed E-state index contributed by atoms with van der Waals surface area (Å²) in [4.78, 5) is 12.8. The number of hydrogen-bond donors (Lipinski definition) is 0. The SMILES string of the molecule is Cc1nc(Cl)c(Oc2cccc3ncccc23)nc1C. The third-order valence-electron chi connectivity index (χ3n) is 3.05. The van der Waals surface area contributed by atoms with Crippen LogP contribution in [0.4, 0.5) is 0 Å². The van der Waals surface area contributed by atoms with E-state index in [0.717, 1.165) is 22.3 Å². The molecule has 0 unspecified atom stereocenters. The maximum atomic E-state index is 6.09. The zero-order valence-corrected chi connectivity index (χ0v) is 11.8. The molecule has 2 heterocycles. The first kappa shape index (κ1) is 12.8. The van der Waals surface area contributed by atoms with Crippen molar-refractivity contribution in [1.29, 1.82) is 0 Å². The van der Waals surface area contributed by atoms with E-state index in [1.54, 1.807) is 6.20 Å². The monoisotopic (exact) mass is 285 g/mol. The number of aromatic nitrogens is 3. The Labute approximate surface area is 121 Å². The van der Waals surface area contributed by atoms with Gasteiger partial charge in [-0.25, -0.2) is 9.97 Å². The molecular weight excluding hydrogens is 274 g/mol. The van der Waals surface area contributed by atoms with Crippen LogP contribution in [0.1, 0.15) is 11.4 Å². The summed E-state index contributed by atoms with van der Waals surface area (Å²) < 4.78 is 5.81. The van der Waals surface area contributed by atoms with E-state index in [0.29, 0.717) is 11.6 Å². The van der Waals surface area contributed by atoms with Crippen molar-refractivity contribution in [3.8, 4) is 11.6 Å². The Balaban J connectivity index is 2.08. The van der Waals surface area contributed by atoms with E-state index in [9.17, 15) is 0 Å². The summed E-state index contributed by atoms with van der Waals surface area (Å²) in [6.07, 6.45) is 1.74. The number of hydrogen-bond acceptors (Lipinski definition) is 4. The molecule has 5 heteroatoms. The lowest BCUT2D eigenvalue weighted by Crippen LogP contribution is -1.97. The molecule has 3 rings (SSSR count). The number of benzene rings is 1. The zero-order chi connectivity index (χ0) is 14.1. The molecule has 0 aliphatic heterocycles. The second-order valence-electron chi connectivity index (χ2n) is 4.42. The highest BCUT2D eigenvalue weighted by Crippen LogP contribution is 2.31. The number of halogens is 1. The molecule has 0 radical (unpaired) electrons. The van der Waals surface area contributed by atoms with Gasteiger partial charge in [-0.05, 0) is 38.1 Å². The van der Waals surface area contributed by atoms with Gasteiger partial charge in [0.25, 0.3) is 5.88 Å². The number of aryl methyl sites for hydroxylation is 2. The van der Waals surface area contributed by atoms with Crippen molar-refractivity contribution < 1.29 is 4.74 Å². The fourth-order valence-corrected chi connectivity index (χ4v) is 2.10. The molecule has 3 aromatic rings. The molecule has 20 heavy (non-hydrogen) atoms. The second kappa shape index (κ2) is 5.06. The molecule has 0 saturated heterocycles. The highest BCUT2D eigenvalue weighted by Gasteiger charge is 2.11. The van der Waals surface area contributed by atoms with Gasteiger partial charge >= 0.3 is 0 Å². The maximum Gasteiger partial charge on any atom is 0.257 e. The highest BCUT2D eigenvalue weighted by molar-refractivity contribution is 6.30. The van der Waals surface area contributed by atoms with E-state index in [1.165, 1.54) is 0 Å². The molecule has 0 spiro atoms. The Morgan fingerprint density at radius 2 is 1.80 bits per heavy atom. The average Bonchev–Trinajstić information content (AvgIpc) is 2.45. The normalized spacial score (nSPS) is 10.8. The summed E-state index contributed by atoms with van der Waals surface area (Å²) in [6, 6.07) is 9.48. The van der Waals surface area contributed by atoms with Crippen LogP contribution in [0, 0.1) is 13.8 Å². The zero-order valence-electron chi connectivity index (χ0n) is 11.1. The van der Waals surface area contributed by atoms with Crippen LogP contribution in [0.2, 0.25) is 5.15 Å². The van der Waals surface area contributed by atoms with E-state index in [2.05, 4.69) is 15.0 Å². The summed E-state index contributed by atoms with van der Waals surface area (Å²) in [5.74, 6) is 0.973. The van der Waals surface area contributed by atoms with Crippen LogP contribution in [0.25, 0.3) is 10.9 Å². The quantitative estimate of drug-likeness (QED) is 0.711. The molecule has 1 aromatic carbocycles. The maximum absolute atomic E-state index is 6.09. The molecule has 0 aliphatic carbocycles. The lowest BCUT2D eigenvalue weighted by molar-refractivity contribution is 0.463. The van der Waals surface area contributed by atoms with E-state index in [4.69, 9.17) is 16.3 Å². The fraction of sp³-hybridized carbons (Fsp3) is 0.133. The molecule has 0 saturated carbocycles. The van der Waals surface area contributed by atoms with Crippen molar-refractivity contribution in [1.82, 2.24) is 15.0 Å². The first-order chi connectivity index (χ1) is 9.65. The first-order valence-corrected chi connectivity index (χ1v) is 6.55. The molecule has 0 fully saturated rings. The Hall–Kier alpha value is -2.20. The summed E-state index contributed by atoms with van der Waals surface area (Å²) in [6.45, 7) is 3.73. The van der Waals surface area contributed by atoms with Crippen LogP contribution < -0.4 is 4.74 Å². The average molecular weight is 286 g/mol. The minimum absolute atomic E-state index is 0.258. The van der Waals surface area contributed by atoms with Gasteiger partial charge in [-0.2, -0.15) is 0 Å².